The Balaban J connectivity index is 1.65. The van der Waals surface area contributed by atoms with E-state index in [1.54, 1.807) is 24.7 Å². The maximum Gasteiger partial charge on any atom is 0.251 e. The number of carbonyl (C=O) groups is 1. The minimum Gasteiger partial charge on any atom is -0.464 e. The zero-order valence-corrected chi connectivity index (χ0v) is 16.2. The normalized spacial score (nSPS) is 11.1. The Bertz CT molecular complexity index is 1090. The molecule has 0 aliphatic heterocycles. The summed E-state index contributed by atoms with van der Waals surface area (Å²) in [5, 5.41) is 3.83. The number of rotatable bonds is 8. The molecule has 0 saturated carbocycles. The molecule has 148 valence electrons. The second kappa shape index (κ2) is 8.75. The molecular weight excluding hydrogens is 368 g/mol. The minimum absolute atomic E-state index is 0.125. The van der Waals surface area contributed by atoms with Crippen molar-refractivity contribution in [3.63, 3.8) is 0 Å². The van der Waals surface area contributed by atoms with E-state index in [1.807, 2.05) is 43.3 Å². The Morgan fingerprint density at radius 3 is 2.59 bits per heavy atom. The van der Waals surface area contributed by atoms with Crippen LogP contribution in [-0.4, -0.2) is 30.6 Å². The van der Waals surface area contributed by atoms with Crippen LogP contribution in [0.4, 0.5) is 0 Å². The molecule has 0 saturated heterocycles. The van der Waals surface area contributed by atoms with Crippen LogP contribution in [0, 0.1) is 0 Å². The van der Waals surface area contributed by atoms with Gasteiger partial charge in [0.1, 0.15) is 11.5 Å². The molecule has 3 aromatic heterocycles. The topological polar surface area (TPSA) is 77.5 Å². The smallest absolute Gasteiger partial charge is 0.251 e. The highest BCUT2D eigenvalue weighted by atomic mass is 16.5. The molecule has 0 unspecified atom stereocenters. The predicted octanol–water partition coefficient (Wildman–Crippen LogP) is 4.91. The van der Waals surface area contributed by atoms with Crippen molar-refractivity contribution < 1.29 is 18.4 Å². The maximum atomic E-state index is 12.5. The highest BCUT2D eigenvalue weighted by Gasteiger charge is 2.16. The monoisotopic (exact) mass is 390 g/mol. The van der Waals surface area contributed by atoms with Crippen LogP contribution in [-0.2, 0) is 4.74 Å². The molecule has 6 nitrogen and oxygen atoms in total. The lowest BCUT2D eigenvalue weighted by Crippen LogP contribution is -2.25. The molecule has 1 aromatic carbocycles. The number of furan rings is 2. The van der Waals surface area contributed by atoms with Gasteiger partial charge in [0.2, 0.25) is 0 Å². The molecule has 3 heterocycles. The van der Waals surface area contributed by atoms with Gasteiger partial charge < -0.3 is 18.9 Å². The Kier molecular flexibility index (Phi) is 5.72. The largest absolute Gasteiger partial charge is 0.464 e. The van der Waals surface area contributed by atoms with E-state index in [4.69, 9.17) is 18.6 Å². The van der Waals surface area contributed by atoms with E-state index >= 15 is 0 Å². The SMILES string of the molecule is CCOCCCNC(=O)c1ccc2cc(-c3ccco3)c(-c3ccco3)nc2c1. The second-order valence-electron chi connectivity index (χ2n) is 6.55. The van der Waals surface area contributed by atoms with Gasteiger partial charge in [-0.25, -0.2) is 4.98 Å². The quantitative estimate of drug-likeness (QED) is 0.433. The summed E-state index contributed by atoms with van der Waals surface area (Å²) in [6.45, 7) is 3.84. The van der Waals surface area contributed by atoms with E-state index in [0.717, 1.165) is 17.4 Å². The van der Waals surface area contributed by atoms with E-state index in [-0.39, 0.29) is 5.91 Å². The number of aromatic nitrogens is 1. The molecule has 0 fully saturated rings. The van der Waals surface area contributed by atoms with Crippen molar-refractivity contribution in [1.82, 2.24) is 10.3 Å². The zero-order valence-electron chi connectivity index (χ0n) is 16.2. The van der Waals surface area contributed by atoms with Crippen molar-refractivity contribution in [3.8, 4) is 22.8 Å². The van der Waals surface area contributed by atoms with E-state index < -0.39 is 0 Å². The van der Waals surface area contributed by atoms with E-state index in [0.29, 0.717) is 48.1 Å². The number of hydrogen-bond donors (Lipinski definition) is 1. The molecule has 1 amide bonds. The van der Waals surface area contributed by atoms with Gasteiger partial charge in [-0.2, -0.15) is 0 Å². The predicted molar refractivity (Wildman–Crippen MR) is 111 cm³/mol. The number of carbonyl (C=O) groups excluding carboxylic acids is 1. The summed E-state index contributed by atoms with van der Waals surface area (Å²) in [7, 11) is 0. The Morgan fingerprint density at radius 1 is 1.07 bits per heavy atom. The number of nitrogens with one attached hydrogen (secondary N) is 1. The van der Waals surface area contributed by atoms with Crippen LogP contribution in [0.5, 0.6) is 0 Å². The molecule has 0 aliphatic carbocycles. The van der Waals surface area contributed by atoms with E-state index in [2.05, 4.69) is 5.32 Å². The fourth-order valence-corrected chi connectivity index (χ4v) is 3.15. The molecule has 0 atom stereocenters. The van der Waals surface area contributed by atoms with Crippen LogP contribution >= 0.6 is 0 Å². The molecule has 29 heavy (non-hydrogen) atoms. The van der Waals surface area contributed by atoms with Gasteiger partial charge in [0.25, 0.3) is 5.91 Å². The third-order valence-electron chi connectivity index (χ3n) is 4.58. The van der Waals surface area contributed by atoms with Gasteiger partial charge in [0, 0.05) is 36.3 Å². The first-order valence-electron chi connectivity index (χ1n) is 9.65. The summed E-state index contributed by atoms with van der Waals surface area (Å²) < 4.78 is 16.5. The molecule has 0 radical (unpaired) electrons. The lowest BCUT2D eigenvalue weighted by atomic mass is 10.0. The van der Waals surface area contributed by atoms with Gasteiger partial charge >= 0.3 is 0 Å². The van der Waals surface area contributed by atoms with Crippen molar-refractivity contribution in [3.05, 3.63) is 66.6 Å². The number of fused-ring (bicyclic) bond motifs is 1. The Labute approximate surface area is 168 Å². The molecule has 0 aliphatic rings. The molecule has 0 spiro atoms. The standard InChI is InChI=1S/C23H22N2O4/c1-2-27-11-5-10-24-23(26)17-9-8-16-14-18(20-6-3-12-28-20)22(25-19(16)15-17)21-7-4-13-29-21/h3-4,6-9,12-15H,2,5,10-11H2,1H3,(H,24,26). The third-order valence-corrected chi connectivity index (χ3v) is 4.58. The van der Waals surface area contributed by atoms with Crippen LogP contribution in [0.25, 0.3) is 33.7 Å². The lowest BCUT2D eigenvalue weighted by Gasteiger charge is -2.09. The average molecular weight is 390 g/mol. The number of pyridine rings is 1. The number of benzene rings is 1. The van der Waals surface area contributed by atoms with Crippen molar-refractivity contribution >= 4 is 16.8 Å². The number of nitrogens with zero attached hydrogens (tertiary/aromatic N) is 1. The van der Waals surface area contributed by atoms with Gasteiger partial charge in [-0.15, -0.1) is 0 Å². The fourth-order valence-electron chi connectivity index (χ4n) is 3.15. The fraction of sp³-hybridized carbons (Fsp3) is 0.217. The summed E-state index contributed by atoms with van der Waals surface area (Å²) in [5.41, 5.74) is 2.79. The second-order valence-corrected chi connectivity index (χ2v) is 6.55. The van der Waals surface area contributed by atoms with Gasteiger partial charge in [0.05, 0.1) is 18.0 Å². The summed E-state index contributed by atoms with van der Waals surface area (Å²) in [6.07, 6.45) is 4.02. The zero-order chi connectivity index (χ0) is 20.1. The molecule has 4 aromatic rings. The van der Waals surface area contributed by atoms with Crippen LogP contribution in [0.3, 0.4) is 0 Å². The van der Waals surface area contributed by atoms with Crippen LogP contribution in [0.1, 0.15) is 23.7 Å². The lowest BCUT2D eigenvalue weighted by molar-refractivity contribution is 0.0944. The average Bonchev–Trinajstić information content (AvgIpc) is 3.46. The van der Waals surface area contributed by atoms with Gasteiger partial charge in [-0.3, -0.25) is 4.79 Å². The first-order valence-corrected chi connectivity index (χ1v) is 9.65. The highest BCUT2D eigenvalue weighted by molar-refractivity contribution is 5.99. The highest BCUT2D eigenvalue weighted by Crippen LogP contribution is 2.34. The first-order chi connectivity index (χ1) is 14.3. The number of amides is 1. The molecule has 0 bridgehead atoms. The van der Waals surface area contributed by atoms with Gasteiger partial charge in [-0.05, 0) is 55.8 Å². The third kappa shape index (κ3) is 4.22. The van der Waals surface area contributed by atoms with Gasteiger partial charge in [0.15, 0.2) is 5.76 Å². The molecule has 6 heteroatoms. The van der Waals surface area contributed by atoms with Crippen LogP contribution < -0.4 is 5.32 Å². The van der Waals surface area contributed by atoms with Crippen molar-refractivity contribution in [2.24, 2.45) is 0 Å². The van der Waals surface area contributed by atoms with Crippen molar-refractivity contribution in [2.75, 3.05) is 19.8 Å². The summed E-state index contributed by atoms with van der Waals surface area (Å²) in [4.78, 5) is 17.3. The first kappa shape index (κ1) is 19.0. The van der Waals surface area contributed by atoms with Gasteiger partial charge in [-0.1, -0.05) is 6.07 Å². The maximum absolute atomic E-state index is 12.5. The van der Waals surface area contributed by atoms with E-state index in [9.17, 15) is 4.79 Å². The summed E-state index contributed by atoms with van der Waals surface area (Å²) in [5.74, 6) is 1.23. The van der Waals surface area contributed by atoms with Crippen LogP contribution in [0.2, 0.25) is 0 Å². The minimum atomic E-state index is -0.125. The number of hydrogen-bond acceptors (Lipinski definition) is 5. The van der Waals surface area contributed by atoms with Crippen LogP contribution in [0.15, 0.2) is 69.9 Å². The summed E-state index contributed by atoms with van der Waals surface area (Å²) in [6, 6.07) is 14.9. The molecular formula is C23H22N2O4. The van der Waals surface area contributed by atoms with E-state index in [1.165, 1.54) is 0 Å². The Hall–Kier alpha value is -3.38. The molecule has 1 N–H and O–H groups in total. The van der Waals surface area contributed by atoms with Crippen molar-refractivity contribution in [2.45, 2.75) is 13.3 Å². The molecule has 4 rings (SSSR count). The van der Waals surface area contributed by atoms with Crippen molar-refractivity contribution in [1.29, 1.82) is 0 Å². The summed E-state index contributed by atoms with van der Waals surface area (Å²) >= 11 is 0. The Morgan fingerprint density at radius 2 is 1.86 bits per heavy atom. The number of ether oxygens (including phenoxy) is 1.